The summed E-state index contributed by atoms with van der Waals surface area (Å²) in [5.74, 6) is 2.31. The van der Waals surface area contributed by atoms with Crippen molar-refractivity contribution in [3.63, 3.8) is 0 Å². The van der Waals surface area contributed by atoms with Crippen LogP contribution >= 0.6 is 15.9 Å². The minimum absolute atomic E-state index is 0.481. The van der Waals surface area contributed by atoms with Gasteiger partial charge in [-0.15, -0.1) is 0 Å². The van der Waals surface area contributed by atoms with E-state index in [0.717, 1.165) is 24.3 Å². The summed E-state index contributed by atoms with van der Waals surface area (Å²) in [7, 11) is 0. The highest BCUT2D eigenvalue weighted by Crippen LogP contribution is 2.49. The molecule has 3 rings (SSSR count). The van der Waals surface area contributed by atoms with Gasteiger partial charge in [-0.2, -0.15) is 0 Å². The molecule has 1 fully saturated rings. The number of amides is 1. The summed E-state index contributed by atoms with van der Waals surface area (Å²) in [6.07, 6.45) is -0.961. The Labute approximate surface area is 134 Å². The zero-order valence-corrected chi connectivity index (χ0v) is 14.3. The van der Waals surface area contributed by atoms with Crippen LogP contribution in [0.15, 0.2) is 16.6 Å². The first-order valence-electron chi connectivity index (χ1n) is 7.43. The van der Waals surface area contributed by atoms with Crippen LogP contribution in [0.5, 0.6) is 0 Å². The third-order valence-corrected chi connectivity index (χ3v) is 5.34. The van der Waals surface area contributed by atoms with Gasteiger partial charge in [0.1, 0.15) is 0 Å². The van der Waals surface area contributed by atoms with Crippen molar-refractivity contribution in [2.24, 2.45) is 5.92 Å². The third-order valence-electron chi connectivity index (χ3n) is 4.49. The Kier molecular flexibility index (Phi) is 5.27. The van der Waals surface area contributed by atoms with E-state index in [2.05, 4.69) is 52.5 Å². The lowest BCUT2D eigenvalue weighted by molar-refractivity contribution is 0.195. The summed E-state index contributed by atoms with van der Waals surface area (Å²) in [5.41, 5.74) is 4.54. The van der Waals surface area contributed by atoms with E-state index in [9.17, 15) is 4.79 Å². The predicted octanol–water partition coefficient (Wildman–Crippen LogP) is 3.45. The summed E-state index contributed by atoms with van der Waals surface area (Å²) in [6.45, 7) is 9.13. The average Bonchev–Trinajstić information content (AvgIpc) is 2.97. The molecule has 3 atom stereocenters. The lowest BCUT2D eigenvalue weighted by Crippen LogP contribution is -2.19. The maximum Gasteiger partial charge on any atom is 0.404 e. The van der Waals surface area contributed by atoms with Crippen molar-refractivity contribution in [1.29, 1.82) is 0 Å². The smallest absolute Gasteiger partial charge is 0.404 e. The lowest BCUT2D eigenvalue weighted by Gasteiger charge is -2.12. The average molecular weight is 355 g/mol. The van der Waals surface area contributed by atoms with E-state index in [1.54, 1.807) is 18.1 Å². The Bertz CT molecular complexity index is 533. The van der Waals surface area contributed by atoms with Crippen LogP contribution in [-0.2, 0) is 0 Å². The number of carbonyl (C=O) groups is 1. The molecule has 21 heavy (non-hydrogen) atoms. The fourth-order valence-corrected chi connectivity index (χ4v) is 3.74. The molecule has 3 unspecified atom stereocenters. The molecule has 2 aliphatic rings. The Morgan fingerprint density at radius 1 is 1.43 bits per heavy atom. The second kappa shape index (κ2) is 6.79. The molecule has 1 aromatic rings. The SMILES string of the molecule is CCNC(=O)O.Cc1cc2c(cc1Br)C1CNCC1C2C. The minimum Gasteiger partial charge on any atom is -0.465 e. The Hall–Kier alpha value is -1.07. The molecule has 116 valence electrons. The fourth-order valence-electron chi connectivity index (χ4n) is 3.38. The molecule has 4 nitrogen and oxygen atoms in total. The number of benzene rings is 1. The van der Waals surface area contributed by atoms with E-state index in [4.69, 9.17) is 5.11 Å². The zero-order chi connectivity index (χ0) is 15.6. The highest BCUT2D eigenvalue weighted by Gasteiger charge is 2.41. The number of hydrogen-bond donors (Lipinski definition) is 3. The summed E-state index contributed by atoms with van der Waals surface area (Å²) in [6, 6.07) is 4.72. The van der Waals surface area contributed by atoms with E-state index < -0.39 is 6.09 Å². The first-order chi connectivity index (χ1) is 9.95. The largest absolute Gasteiger partial charge is 0.465 e. The van der Waals surface area contributed by atoms with Gasteiger partial charge in [-0.25, -0.2) is 4.79 Å². The number of carboxylic acid groups (broad SMARTS) is 1. The Morgan fingerprint density at radius 3 is 2.71 bits per heavy atom. The molecule has 0 aromatic heterocycles. The molecule has 5 heteroatoms. The van der Waals surface area contributed by atoms with Crippen LogP contribution < -0.4 is 10.6 Å². The molecule has 3 N–H and O–H groups in total. The number of fused-ring (bicyclic) bond motifs is 3. The van der Waals surface area contributed by atoms with Gasteiger partial charge in [-0.1, -0.05) is 28.9 Å². The van der Waals surface area contributed by atoms with Crippen LogP contribution in [0.3, 0.4) is 0 Å². The molecular weight excluding hydrogens is 332 g/mol. The Balaban J connectivity index is 0.000000232. The number of rotatable bonds is 1. The van der Waals surface area contributed by atoms with Gasteiger partial charge < -0.3 is 15.7 Å². The second-order valence-corrected chi connectivity index (χ2v) is 6.64. The van der Waals surface area contributed by atoms with Gasteiger partial charge in [0.25, 0.3) is 0 Å². The van der Waals surface area contributed by atoms with Gasteiger partial charge in [0.15, 0.2) is 0 Å². The molecule has 0 radical (unpaired) electrons. The first kappa shape index (κ1) is 16.3. The molecule has 0 saturated carbocycles. The summed E-state index contributed by atoms with van der Waals surface area (Å²) in [5, 5.41) is 13.4. The van der Waals surface area contributed by atoms with Gasteiger partial charge in [-0.05, 0) is 55.0 Å². The maximum absolute atomic E-state index is 9.49. The lowest BCUT2D eigenvalue weighted by atomic mass is 9.91. The number of halogens is 1. The van der Waals surface area contributed by atoms with Crippen LogP contribution in [0.4, 0.5) is 4.79 Å². The van der Waals surface area contributed by atoms with Crippen molar-refractivity contribution in [3.8, 4) is 0 Å². The molecule has 1 amide bonds. The normalized spacial score (nSPS) is 25.6. The van der Waals surface area contributed by atoms with Gasteiger partial charge in [0, 0.05) is 23.5 Å². The summed E-state index contributed by atoms with van der Waals surface area (Å²) >= 11 is 3.65. The van der Waals surface area contributed by atoms with E-state index in [-0.39, 0.29) is 0 Å². The Morgan fingerprint density at radius 2 is 2.14 bits per heavy atom. The van der Waals surface area contributed by atoms with Crippen molar-refractivity contribution in [2.45, 2.75) is 32.6 Å². The van der Waals surface area contributed by atoms with Crippen molar-refractivity contribution in [3.05, 3.63) is 33.3 Å². The molecular formula is C16H23BrN2O2. The van der Waals surface area contributed by atoms with Crippen molar-refractivity contribution in [2.75, 3.05) is 19.6 Å². The van der Waals surface area contributed by atoms with Gasteiger partial charge in [0.2, 0.25) is 0 Å². The van der Waals surface area contributed by atoms with Crippen LogP contribution in [0.2, 0.25) is 0 Å². The van der Waals surface area contributed by atoms with Crippen LogP contribution in [0.25, 0.3) is 0 Å². The number of nitrogens with one attached hydrogen (secondary N) is 2. The third kappa shape index (κ3) is 3.40. The van der Waals surface area contributed by atoms with E-state index in [0.29, 0.717) is 6.54 Å². The van der Waals surface area contributed by atoms with E-state index >= 15 is 0 Å². The monoisotopic (exact) mass is 354 g/mol. The molecule has 0 bridgehead atoms. The minimum atomic E-state index is -0.961. The molecule has 1 aliphatic heterocycles. The maximum atomic E-state index is 9.49. The van der Waals surface area contributed by atoms with Gasteiger partial charge in [-0.3, -0.25) is 0 Å². The second-order valence-electron chi connectivity index (χ2n) is 5.78. The first-order valence-corrected chi connectivity index (χ1v) is 8.22. The molecule has 1 saturated heterocycles. The standard InChI is InChI=1S/C13H16BrN.C3H7NO2/c1-7-3-9-8(2)11-5-15-6-12(11)10(9)4-13(7)14;1-2-4-3(5)6/h3-4,8,11-12,15H,5-6H2,1-2H3;4H,2H2,1H3,(H,5,6). The summed E-state index contributed by atoms with van der Waals surface area (Å²) < 4.78 is 1.26. The molecule has 0 spiro atoms. The van der Waals surface area contributed by atoms with Crippen molar-refractivity contribution < 1.29 is 9.90 Å². The molecule has 1 heterocycles. The molecule has 1 aliphatic carbocycles. The predicted molar refractivity (Wildman–Crippen MR) is 88.1 cm³/mol. The van der Waals surface area contributed by atoms with Crippen LogP contribution in [0, 0.1) is 12.8 Å². The summed E-state index contributed by atoms with van der Waals surface area (Å²) in [4.78, 5) is 9.49. The highest BCUT2D eigenvalue weighted by molar-refractivity contribution is 9.10. The van der Waals surface area contributed by atoms with E-state index in [1.807, 2.05) is 0 Å². The highest BCUT2D eigenvalue weighted by atomic mass is 79.9. The fraction of sp³-hybridized carbons (Fsp3) is 0.562. The quantitative estimate of drug-likeness (QED) is 0.723. The number of hydrogen-bond acceptors (Lipinski definition) is 2. The van der Waals surface area contributed by atoms with Gasteiger partial charge in [0.05, 0.1) is 0 Å². The van der Waals surface area contributed by atoms with Gasteiger partial charge >= 0.3 is 6.09 Å². The zero-order valence-electron chi connectivity index (χ0n) is 12.7. The molecule has 1 aromatic carbocycles. The van der Waals surface area contributed by atoms with Crippen LogP contribution in [-0.4, -0.2) is 30.8 Å². The number of aryl methyl sites for hydroxylation is 1. The van der Waals surface area contributed by atoms with E-state index in [1.165, 1.54) is 16.6 Å². The van der Waals surface area contributed by atoms with Crippen molar-refractivity contribution in [1.82, 2.24) is 10.6 Å². The topological polar surface area (TPSA) is 61.4 Å². The van der Waals surface area contributed by atoms with Crippen molar-refractivity contribution >= 4 is 22.0 Å². The van der Waals surface area contributed by atoms with Crippen LogP contribution in [0.1, 0.15) is 42.4 Å².